The Balaban J connectivity index is 4.70. The first-order valence-corrected chi connectivity index (χ1v) is 6.79. The number of rotatable bonds is 6. The maximum absolute atomic E-state index is 12.6. The molecule has 0 saturated carbocycles. The van der Waals surface area contributed by atoms with Crippen LogP contribution in [0.4, 0.5) is 13.2 Å². The number of hydrogen-bond donors (Lipinski definition) is 1. The monoisotopic (exact) mass is 368 g/mol. The molecule has 1 N–H and O–H groups in total. The first-order valence-electron chi connectivity index (χ1n) is 5.61. The molecule has 2 unspecified atom stereocenters. The molecule has 0 spiro atoms. The average Bonchev–Trinajstić information content (AvgIpc) is 2.13. The summed E-state index contributed by atoms with van der Waals surface area (Å²) in [6.07, 6.45) is -7.11. The van der Waals surface area contributed by atoms with Crippen LogP contribution in [0.3, 0.4) is 0 Å². The number of carbonyl (C=O) groups is 1. The van der Waals surface area contributed by atoms with Crippen LogP contribution in [0, 0.1) is 5.41 Å². The van der Waals surface area contributed by atoms with Gasteiger partial charge in [-0.1, -0.05) is 41.4 Å². The molecule has 3 nitrogen and oxygen atoms in total. The molecule has 8 heteroatoms. The lowest BCUT2D eigenvalue weighted by atomic mass is 9.82. The molecule has 114 valence electrons. The Labute approximate surface area is 123 Å². The molecule has 0 aromatic rings. The predicted molar refractivity (Wildman–Crippen MR) is 69.2 cm³/mol. The van der Waals surface area contributed by atoms with Gasteiger partial charge in [0.2, 0.25) is 3.78 Å². The van der Waals surface area contributed by atoms with E-state index in [1.165, 1.54) is 0 Å². The van der Waals surface area contributed by atoms with Gasteiger partial charge in [-0.25, -0.2) is 0 Å². The van der Waals surface area contributed by atoms with Gasteiger partial charge >= 0.3 is 12.1 Å². The molecule has 0 aliphatic heterocycles. The lowest BCUT2D eigenvalue weighted by molar-refractivity contribution is -0.161. The van der Waals surface area contributed by atoms with Crippen LogP contribution in [0.2, 0.25) is 0 Å². The summed E-state index contributed by atoms with van der Waals surface area (Å²) >= 11 is 7.58. The number of esters is 1. The van der Waals surface area contributed by atoms with Crippen molar-refractivity contribution in [3.05, 3.63) is 0 Å². The van der Waals surface area contributed by atoms with Gasteiger partial charge in [-0.15, -0.1) is 0 Å². The van der Waals surface area contributed by atoms with E-state index in [9.17, 15) is 23.1 Å². The van der Waals surface area contributed by atoms with Crippen molar-refractivity contribution >= 4 is 33.5 Å². The fraction of sp³-hybridized carbons (Fsp3) is 0.909. The molecule has 19 heavy (non-hydrogen) atoms. The summed E-state index contributed by atoms with van der Waals surface area (Å²) in [5.74, 6) is -0.526. The third kappa shape index (κ3) is 5.87. The number of aliphatic hydroxyl groups excluding tert-OH is 1. The zero-order valence-electron chi connectivity index (χ0n) is 10.9. The number of aliphatic hydroxyl groups is 1. The van der Waals surface area contributed by atoms with Gasteiger partial charge in [-0.3, -0.25) is 4.79 Å². The molecule has 0 fully saturated rings. The zero-order valence-corrected chi connectivity index (χ0v) is 13.2. The van der Waals surface area contributed by atoms with Crippen LogP contribution in [-0.4, -0.2) is 33.7 Å². The van der Waals surface area contributed by atoms with Crippen LogP contribution < -0.4 is 0 Å². The van der Waals surface area contributed by atoms with Crippen LogP contribution in [0.15, 0.2) is 0 Å². The molecule has 2 atom stereocenters. The number of halogens is 5. The Morgan fingerprint density at radius 2 is 1.89 bits per heavy atom. The van der Waals surface area contributed by atoms with E-state index in [1.54, 1.807) is 20.8 Å². The largest absolute Gasteiger partial charge is 0.466 e. The maximum Gasteiger partial charge on any atom is 0.420 e. The van der Waals surface area contributed by atoms with Crippen LogP contribution in [0.1, 0.15) is 33.6 Å². The molecule has 0 aromatic heterocycles. The van der Waals surface area contributed by atoms with Crippen molar-refractivity contribution in [3.8, 4) is 0 Å². The molecule has 0 radical (unpaired) electrons. The molecular weight excluding hydrogens is 352 g/mol. The standard InChI is InChI=1S/C11H17BrClF3O3/c1-4-19-8(18)6-9(2,3)5-7(17)10(12,13)11(14,15)16/h7,17H,4-6H2,1-3H3. The van der Waals surface area contributed by atoms with E-state index in [0.29, 0.717) is 0 Å². The molecule has 0 bridgehead atoms. The van der Waals surface area contributed by atoms with E-state index < -0.39 is 27.4 Å². The van der Waals surface area contributed by atoms with E-state index in [4.69, 9.17) is 16.3 Å². The first-order chi connectivity index (χ1) is 8.33. The summed E-state index contributed by atoms with van der Waals surface area (Å²) in [5, 5.41) is 9.64. The van der Waals surface area contributed by atoms with E-state index in [-0.39, 0.29) is 19.4 Å². The number of hydrogen-bond acceptors (Lipinski definition) is 3. The third-order valence-electron chi connectivity index (χ3n) is 2.47. The Morgan fingerprint density at radius 1 is 1.42 bits per heavy atom. The van der Waals surface area contributed by atoms with Gasteiger partial charge in [-0.2, -0.15) is 13.2 Å². The van der Waals surface area contributed by atoms with Crippen molar-refractivity contribution in [2.45, 2.75) is 49.7 Å². The summed E-state index contributed by atoms with van der Waals surface area (Å²) in [5.41, 5.74) is -0.870. The second-order valence-electron chi connectivity index (χ2n) is 4.99. The minimum atomic E-state index is -4.81. The Hall–Kier alpha value is -0.0100. The van der Waals surface area contributed by atoms with Gasteiger partial charge in [0.15, 0.2) is 0 Å². The van der Waals surface area contributed by atoms with Gasteiger partial charge < -0.3 is 9.84 Å². The van der Waals surface area contributed by atoms with Crippen molar-refractivity contribution in [3.63, 3.8) is 0 Å². The highest BCUT2D eigenvalue weighted by atomic mass is 79.9. The molecule has 0 aliphatic rings. The van der Waals surface area contributed by atoms with Gasteiger partial charge in [0.05, 0.1) is 19.1 Å². The average molecular weight is 370 g/mol. The summed E-state index contributed by atoms with van der Waals surface area (Å²) in [6, 6.07) is 0. The fourth-order valence-electron chi connectivity index (χ4n) is 1.52. The van der Waals surface area contributed by atoms with Gasteiger partial charge in [0.1, 0.15) is 0 Å². The first kappa shape index (κ1) is 19.0. The van der Waals surface area contributed by atoms with Crippen molar-refractivity contribution in [2.24, 2.45) is 5.41 Å². The van der Waals surface area contributed by atoms with Crippen molar-refractivity contribution in [1.82, 2.24) is 0 Å². The van der Waals surface area contributed by atoms with Crippen LogP contribution in [-0.2, 0) is 9.53 Å². The lowest BCUT2D eigenvalue weighted by Gasteiger charge is -2.33. The minimum Gasteiger partial charge on any atom is -0.466 e. The lowest BCUT2D eigenvalue weighted by Crippen LogP contribution is -2.46. The highest BCUT2D eigenvalue weighted by Crippen LogP contribution is 2.47. The molecule has 0 heterocycles. The second kappa shape index (κ2) is 6.63. The molecule has 0 amide bonds. The molecule has 0 saturated heterocycles. The Morgan fingerprint density at radius 3 is 2.26 bits per heavy atom. The number of ether oxygens (including phenoxy) is 1. The summed E-state index contributed by atoms with van der Waals surface area (Å²) in [4.78, 5) is 11.3. The maximum atomic E-state index is 12.6. The van der Waals surface area contributed by atoms with E-state index in [0.717, 1.165) is 0 Å². The van der Waals surface area contributed by atoms with Gasteiger partial charge in [0.25, 0.3) is 0 Å². The van der Waals surface area contributed by atoms with Gasteiger partial charge in [0, 0.05) is 0 Å². The Kier molecular flexibility index (Phi) is 6.62. The summed E-state index contributed by atoms with van der Waals surface area (Å²) in [6.45, 7) is 4.94. The zero-order chi connectivity index (χ0) is 15.5. The van der Waals surface area contributed by atoms with E-state index >= 15 is 0 Å². The smallest absolute Gasteiger partial charge is 0.420 e. The van der Waals surface area contributed by atoms with Gasteiger partial charge in [-0.05, 0) is 18.8 Å². The topological polar surface area (TPSA) is 46.5 Å². The number of carbonyl (C=O) groups excluding carboxylic acids is 1. The molecular formula is C11H17BrClF3O3. The fourth-order valence-corrected chi connectivity index (χ4v) is 1.75. The quantitative estimate of drug-likeness (QED) is 0.575. The van der Waals surface area contributed by atoms with E-state index in [2.05, 4.69) is 15.9 Å². The highest BCUT2D eigenvalue weighted by Gasteiger charge is 2.57. The summed E-state index contributed by atoms with van der Waals surface area (Å²) < 4.78 is 39.6. The highest BCUT2D eigenvalue weighted by molar-refractivity contribution is 9.10. The van der Waals surface area contributed by atoms with Crippen molar-refractivity contribution < 1.29 is 27.8 Å². The predicted octanol–water partition coefficient (Wildman–Crippen LogP) is 3.61. The second-order valence-corrected chi connectivity index (χ2v) is 7.29. The van der Waals surface area contributed by atoms with Crippen LogP contribution >= 0.6 is 27.5 Å². The number of alkyl halides is 5. The molecule has 0 aromatic carbocycles. The van der Waals surface area contributed by atoms with Crippen LogP contribution in [0.25, 0.3) is 0 Å². The SMILES string of the molecule is CCOC(=O)CC(C)(C)CC(O)C(Cl)(Br)C(F)(F)F. The van der Waals surface area contributed by atoms with E-state index in [1.807, 2.05) is 0 Å². The third-order valence-corrected chi connectivity index (χ3v) is 3.91. The van der Waals surface area contributed by atoms with Crippen molar-refractivity contribution in [2.75, 3.05) is 6.61 Å². The van der Waals surface area contributed by atoms with Crippen molar-refractivity contribution in [1.29, 1.82) is 0 Å². The summed E-state index contributed by atoms with van der Waals surface area (Å²) in [7, 11) is 0. The minimum absolute atomic E-state index is 0.101. The Bertz CT molecular complexity index is 319. The molecule has 0 rings (SSSR count). The normalized spacial score (nSPS) is 17.7. The van der Waals surface area contributed by atoms with Crippen LogP contribution in [0.5, 0.6) is 0 Å². The molecule has 0 aliphatic carbocycles.